The minimum atomic E-state index is -0.00861. The molecule has 0 spiro atoms. The van der Waals surface area contributed by atoms with E-state index in [-0.39, 0.29) is 18.3 Å². The number of nitrogens with zero attached hydrogens (tertiary/aromatic N) is 1. The molecule has 3 N–H and O–H groups in total. The molecule has 0 aliphatic heterocycles. The van der Waals surface area contributed by atoms with E-state index in [1.54, 1.807) is 18.3 Å². The minimum Gasteiger partial charge on any atom is -0.349 e. The Kier molecular flexibility index (Phi) is 5.56. The summed E-state index contributed by atoms with van der Waals surface area (Å²) in [6.07, 6.45) is 5.14. The second-order valence-electron chi connectivity index (χ2n) is 4.60. The maximum absolute atomic E-state index is 11.9. The third kappa shape index (κ3) is 3.68. The number of amides is 1. The second-order valence-corrected chi connectivity index (χ2v) is 4.60. The Balaban J connectivity index is 0.00000162. The quantitative estimate of drug-likeness (QED) is 0.858. The van der Waals surface area contributed by atoms with Crippen molar-refractivity contribution in [1.29, 1.82) is 0 Å². The zero-order valence-electron chi connectivity index (χ0n) is 10.6. The number of carbonyl (C=O) groups excluding carboxylic acids is 1. The van der Waals surface area contributed by atoms with Crippen LogP contribution in [0.5, 0.6) is 0 Å². The molecular formula is C13H20ClN3O. The van der Waals surface area contributed by atoms with Gasteiger partial charge in [0.25, 0.3) is 5.91 Å². The van der Waals surface area contributed by atoms with Crippen LogP contribution in [0.4, 0.5) is 0 Å². The molecule has 1 amide bonds. The molecule has 1 aromatic heterocycles. The molecule has 2 rings (SSSR count). The molecule has 1 fully saturated rings. The molecule has 1 heterocycles. The van der Waals surface area contributed by atoms with E-state index in [0.29, 0.717) is 24.1 Å². The van der Waals surface area contributed by atoms with Gasteiger partial charge in [-0.1, -0.05) is 13.3 Å². The van der Waals surface area contributed by atoms with E-state index in [4.69, 9.17) is 5.73 Å². The van der Waals surface area contributed by atoms with E-state index in [0.717, 1.165) is 12.1 Å². The number of halogens is 1. The molecule has 2 atom stereocenters. The first-order chi connectivity index (χ1) is 8.24. The van der Waals surface area contributed by atoms with Crippen molar-refractivity contribution < 1.29 is 4.79 Å². The summed E-state index contributed by atoms with van der Waals surface area (Å²) >= 11 is 0. The Morgan fingerprint density at radius 1 is 1.61 bits per heavy atom. The highest BCUT2D eigenvalue weighted by atomic mass is 35.5. The maximum Gasteiger partial charge on any atom is 0.251 e. The summed E-state index contributed by atoms with van der Waals surface area (Å²) in [7, 11) is 0. The largest absolute Gasteiger partial charge is 0.349 e. The third-order valence-electron chi connectivity index (χ3n) is 3.19. The molecule has 0 bridgehead atoms. The molecule has 0 saturated heterocycles. The van der Waals surface area contributed by atoms with Crippen LogP contribution in [0.25, 0.3) is 0 Å². The van der Waals surface area contributed by atoms with Crippen LogP contribution in [-0.4, -0.2) is 16.9 Å². The number of pyridine rings is 1. The topological polar surface area (TPSA) is 68.0 Å². The lowest BCUT2D eigenvalue weighted by atomic mass is 10.2. The summed E-state index contributed by atoms with van der Waals surface area (Å²) < 4.78 is 0. The Hall–Kier alpha value is -1.13. The fourth-order valence-electron chi connectivity index (χ4n) is 2.10. The zero-order chi connectivity index (χ0) is 12.3. The van der Waals surface area contributed by atoms with Gasteiger partial charge in [0, 0.05) is 24.3 Å². The highest BCUT2D eigenvalue weighted by Gasteiger charge is 2.37. The van der Waals surface area contributed by atoms with E-state index in [1.165, 1.54) is 12.8 Å². The van der Waals surface area contributed by atoms with Crippen LogP contribution < -0.4 is 11.1 Å². The van der Waals surface area contributed by atoms with Crippen molar-refractivity contribution in [1.82, 2.24) is 10.3 Å². The van der Waals surface area contributed by atoms with Gasteiger partial charge < -0.3 is 11.1 Å². The van der Waals surface area contributed by atoms with Crippen molar-refractivity contribution in [2.45, 2.75) is 38.8 Å². The Morgan fingerprint density at radius 2 is 2.39 bits per heavy atom. The molecule has 0 aromatic carbocycles. The Morgan fingerprint density at radius 3 is 3.06 bits per heavy atom. The lowest BCUT2D eigenvalue weighted by Gasteiger charge is -2.05. The summed E-state index contributed by atoms with van der Waals surface area (Å²) in [4.78, 5) is 16.0. The fraction of sp³-hybridized carbons (Fsp3) is 0.538. The molecule has 18 heavy (non-hydrogen) atoms. The van der Waals surface area contributed by atoms with Crippen LogP contribution in [0.2, 0.25) is 0 Å². The van der Waals surface area contributed by atoms with Gasteiger partial charge in [0.2, 0.25) is 0 Å². The van der Waals surface area contributed by atoms with Crippen molar-refractivity contribution >= 4 is 18.3 Å². The van der Waals surface area contributed by atoms with Gasteiger partial charge in [-0.2, -0.15) is 0 Å². The first-order valence-electron chi connectivity index (χ1n) is 6.20. The molecule has 2 unspecified atom stereocenters. The number of aromatic nitrogens is 1. The van der Waals surface area contributed by atoms with Crippen LogP contribution >= 0.6 is 12.4 Å². The van der Waals surface area contributed by atoms with E-state index in [9.17, 15) is 4.79 Å². The van der Waals surface area contributed by atoms with Crippen LogP contribution in [0.3, 0.4) is 0 Å². The molecule has 4 nitrogen and oxygen atoms in total. The summed E-state index contributed by atoms with van der Waals surface area (Å²) in [5.41, 5.74) is 6.90. The second kappa shape index (κ2) is 6.71. The molecule has 0 radical (unpaired) electrons. The van der Waals surface area contributed by atoms with Gasteiger partial charge in [-0.15, -0.1) is 12.4 Å². The van der Waals surface area contributed by atoms with E-state index in [2.05, 4.69) is 17.2 Å². The number of hydrogen-bond donors (Lipinski definition) is 2. The maximum atomic E-state index is 11.9. The van der Waals surface area contributed by atoms with Gasteiger partial charge in [-0.05, 0) is 30.9 Å². The summed E-state index contributed by atoms with van der Waals surface area (Å²) in [5, 5.41) is 3.05. The lowest BCUT2D eigenvalue weighted by Crippen LogP contribution is -2.27. The van der Waals surface area contributed by atoms with E-state index in [1.807, 2.05) is 0 Å². The zero-order valence-corrected chi connectivity index (χ0v) is 11.4. The smallest absolute Gasteiger partial charge is 0.251 e. The predicted octanol–water partition coefficient (Wildman–Crippen LogP) is 1.88. The SMILES string of the molecule is CCCC1CC1NC(=O)c1ccnc(CN)c1.Cl. The van der Waals surface area contributed by atoms with Crippen LogP contribution in [0, 0.1) is 5.92 Å². The lowest BCUT2D eigenvalue weighted by molar-refractivity contribution is 0.0948. The summed E-state index contributed by atoms with van der Waals surface area (Å²) in [6.45, 7) is 2.54. The van der Waals surface area contributed by atoms with E-state index < -0.39 is 0 Å². The van der Waals surface area contributed by atoms with Gasteiger partial charge in [0.1, 0.15) is 0 Å². The fourth-order valence-corrected chi connectivity index (χ4v) is 2.10. The average molecular weight is 270 g/mol. The first-order valence-corrected chi connectivity index (χ1v) is 6.20. The van der Waals surface area contributed by atoms with Gasteiger partial charge >= 0.3 is 0 Å². The van der Waals surface area contributed by atoms with Crippen LogP contribution in [0.15, 0.2) is 18.3 Å². The Bertz CT molecular complexity index is 411. The molecule has 1 saturated carbocycles. The Labute approximate surface area is 114 Å². The van der Waals surface area contributed by atoms with Crippen LogP contribution in [0.1, 0.15) is 42.2 Å². The highest BCUT2D eigenvalue weighted by molar-refractivity contribution is 5.94. The normalized spacial score (nSPS) is 21.0. The third-order valence-corrected chi connectivity index (χ3v) is 3.19. The molecular weight excluding hydrogens is 250 g/mol. The molecule has 1 aliphatic carbocycles. The molecule has 5 heteroatoms. The van der Waals surface area contributed by atoms with Crippen molar-refractivity contribution in [3.63, 3.8) is 0 Å². The van der Waals surface area contributed by atoms with Crippen LogP contribution in [-0.2, 0) is 6.54 Å². The van der Waals surface area contributed by atoms with Gasteiger partial charge in [0.15, 0.2) is 0 Å². The molecule has 100 valence electrons. The number of nitrogens with one attached hydrogen (secondary N) is 1. The average Bonchev–Trinajstić information content (AvgIpc) is 3.08. The number of rotatable bonds is 5. The molecule has 1 aromatic rings. The number of hydrogen-bond acceptors (Lipinski definition) is 3. The van der Waals surface area contributed by atoms with Crippen molar-refractivity contribution in [2.75, 3.05) is 0 Å². The van der Waals surface area contributed by atoms with Gasteiger partial charge in [-0.3, -0.25) is 9.78 Å². The van der Waals surface area contributed by atoms with Crippen molar-refractivity contribution in [2.24, 2.45) is 11.7 Å². The van der Waals surface area contributed by atoms with Gasteiger partial charge in [0.05, 0.1) is 5.69 Å². The summed E-state index contributed by atoms with van der Waals surface area (Å²) in [5.74, 6) is 0.672. The van der Waals surface area contributed by atoms with Gasteiger partial charge in [-0.25, -0.2) is 0 Å². The monoisotopic (exact) mass is 269 g/mol. The first kappa shape index (κ1) is 14.9. The van der Waals surface area contributed by atoms with E-state index >= 15 is 0 Å². The standard InChI is InChI=1S/C13H19N3O.ClH/c1-2-3-9-7-12(9)16-13(17)10-4-5-15-11(6-10)8-14;/h4-6,9,12H,2-3,7-8,14H2,1H3,(H,16,17);1H. The van der Waals surface area contributed by atoms with Crippen molar-refractivity contribution in [3.8, 4) is 0 Å². The predicted molar refractivity (Wildman–Crippen MR) is 73.6 cm³/mol. The number of nitrogens with two attached hydrogens (primary N) is 1. The summed E-state index contributed by atoms with van der Waals surface area (Å²) in [6, 6.07) is 3.86. The highest BCUT2D eigenvalue weighted by Crippen LogP contribution is 2.34. The van der Waals surface area contributed by atoms with Crippen molar-refractivity contribution in [3.05, 3.63) is 29.6 Å². The molecule has 1 aliphatic rings. The minimum absolute atomic E-state index is 0. The number of carbonyl (C=O) groups is 1.